The van der Waals surface area contributed by atoms with Gasteiger partial charge < -0.3 is 20.3 Å². The number of aliphatic imine (C=N–C) groups is 1. The maximum absolute atomic E-state index is 5.68. The molecule has 3 aliphatic heterocycles. The van der Waals surface area contributed by atoms with Crippen molar-refractivity contribution in [3.8, 4) is 0 Å². The third-order valence-electron chi connectivity index (χ3n) is 6.66. The van der Waals surface area contributed by atoms with Crippen molar-refractivity contribution in [1.29, 1.82) is 0 Å². The highest BCUT2D eigenvalue weighted by atomic mass is 127. The normalized spacial score (nSPS) is 23.6. The smallest absolute Gasteiger partial charge is 0.191 e. The summed E-state index contributed by atoms with van der Waals surface area (Å²) < 4.78 is 5.68. The molecule has 4 heterocycles. The van der Waals surface area contributed by atoms with Crippen LogP contribution in [0.25, 0.3) is 0 Å². The molecule has 1 aromatic rings. The second kappa shape index (κ2) is 11.2. The van der Waals surface area contributed by atoms with Gasteiger partial charge in [-0.25, -0.2) is 0 Å². The van der Waals surface area contributed by atoms with Crippen molar-refractivity contribution in [3.05, 3.63) is 17.5 Å². The van der Waals surface area contributed by atoms with Gasteiger partial charge in [0, 0.05) is 51.5 Å². The van der Waals surface area contributed by atoms with E-state index in [4.69, 9.17) is 4.74 Å². The molecule has 0 saturated carbocycles. The van der Waals surface area contributed by atoms with Crippen LogP contribution in [0, 0.1) is 0 Å². The lowest BCUT2D eigenvalue weighted by molar-refractivity contribution is -0.0164. The lowest BCUT2D eigenvalue weighted by Crippen LogP contribution is -2.59. The van der Waals surface area contributed by atoms with E-state index in [1.165, 1.54) is 30.9 Å². The number of ether oxygens (including phenoxy) is 1. The maximum Gasteiger partial charge on any atom is 0.191 e. The van der Waals surface area contributed by atoms with Crippen molar-refractivity contribution in [2.45, 2.75) is 50.1 Å². The van der Waals surface area contributed by atoms with Crippen molar-refractivity contribution < 1.29 is 4.74 Å². The van der Waals surface area contributed by atoms with Gasteiger partial charge in [-0.2, -0.15) is 0 Å². The molecule has 0 aromatic carbocycles. The van der Waals surface area contributed by atoms with Crippen LogP contribution in [0.3, 0.4) is 0 Å². The zero-order valence-electron chi connectivity index (χ0n) is 17.6. The third kappa shape index (κ3) is 5.77. The number of likely N-dealkylation sites (tertiary alicyclic amines) is 1. The first-order valence-electron chi connectivity index (χ1n) is 10.9. The molecule has 164 valence electrons. The Morgan fingerprint density at radius 1 is 1.21 bits per heavy atom. The minimum absolute atomic E-state index is 0. The molecule has 0 bridgehead atoms. The van der Waals surface area contributed by atoms with Crippen LogP contribution in [0.15, 0.2) is 22.5 Å². The fraction of sp³-hybridized carbons (Fsp3) is 0.762. The van der Waals surface area contributed by atoms with Gasteiger partial charge in [0.2, 0.25) is 0 Å². The van der Waals surface area contributed by atoms with E-state index in [0.717, 1.165) is 64.5 Å². The van der Waals surface area contributed by atoms with Crippen molar-refractivity contribution in [2.24, 2.45) is 4.99 Å². The zero-order valence-corrected chi connectivity index (χ0v) is 20.7. The Morgan fingerprint density at radius 3 is 2.55 bits per heavy atom. The monoisotopic (exact) mass is 533 g/mol. The van der Waals surface area contributed by atoms with Crippen molar-refractivity contribution in [1.82, 2.24) is 15.5 Å². The van der Waals surface area contributed by atoms with Gasteiger partial charge in [0.25, 0.3) is 0 Å². The average molecular weight is 534 g/mol. The van der Waals surface area contributed by atoms with E-state index in [-0.39, 0.29) is 29.5 Å². The molecule has 3 aliphatic rings. The number of anilines is 1. The number of piperidine rings is 1. The number of guanidine groups is 1. The Balaban J connectivity index is 0.00000240. The molecule has 3 saturated heterocycles. The Morgan fingerprint density at radius 2 is 1.93 bits per heavy atom. The molecular weight excluding hydrogens is 497 g/mol. The highest BCUT2D eigenvalue weighted by molar-refractivity contribution is 14.0. The first-order valence-corrected chi connectivity index (χ1v) is 11.8. The van der Waals surface area contributed by atoms with Crippen molar-refractivity contribution in [2.75, 3.05) is 57.9 Å². The Hall–Kier alpha value is -0.580. The van der Waals surface area contributed by atoms with Crippen LogP contribution in [0.1, 0.15) is 38.5 Å². The fourth-order valence-corrected chi connectivity index (χ4v) is 5.66. The Kier molecular flexibility index (Phi) is 8.88. The quantitative estimate of drug-likeness (QED) is 0.346. The standard InChI is InChI=1S/C21H35N5OS.HI/c1-22-20(24-18-6-12-25(13-7-18)19-5-4-16-28-19)23-17-21(8-14-27-15-9-21)26-10-2-3-11-26;/h4-5,16,18H,2-3,6-15,17H2,1H3,(H2,22,23,24);1H. The minimum atomic E-state index is 0. The summed E-state index contributed by atoms with van der Waals surface area (Å²) in [6.07, 6.45) is 7.22. The summed E-state index contributed by atoms with van der Waals surface area (Å²) in [6.45, 7) is 7.42. The first kappa shape index (κ1) is 23.1. The molecule has 2 N–H and O–H groups in total. The van der Waals surface area contributed by atoms with Crippen LogP contribution in [0.4, 0.5) is 5.00 Å². The molecule has 3 fully saturated rings. The molecule has 0 atom stereocenters. The van der Waals surface area contributed by atoms with Crippen LogP contribution in [0.2, 0.25) is 0 Å². The van der Waals surface area contributed by atoms with Crippen LogP contribution < -0.4 is 15.5 Å². The van der Waals surface area contributed by atoms with Gasteiger partial charge in [-0.05, 0) is 69.1 Å². The second-order valence-corrected chi connectivity index (χ2v) is 9.24. The number of thiophene rings is 1. The molecule has 0 aliphatic carbocycles. The lowest BCUT2D eigenvalue weighted by atomic mass is 9.88. The topological polar surface area (TPSA) is 52.1 Å². The Labute approximate surface area is 196 Å². The van der Waals surface area contributed by atoms with E-state index in [9.17, 15) is 0 Å². The number of halogens is 1. The molecule has 0 unspecified atom stereocenters. The first-order chi connectivity index (χ1) is 13.8. The molecule has 8 heteroatoms. The molecular formula is C21H36IN5OS. The van der Waals surface area contributed by atoms with Crippen LogP contribution >= 0.6 is 35.3 Å². The summed E-state index contributed by atoms with van der Waals surface area (Å²) in [4.78, 5) is 9.73. The number of hydrogen-bond donors (Lipinski definition) is 2. The average Bonchev–Trinajstić information content (AvgIpc) is 3.47. The molecule has 0 radical (unpaired) electrons. The van der Waals surface area contributed by atoms with Gasteiger partial charge in [0.15, 0.2) is 5.96 Å². The van der Waals surface area contributed by atoms with E-state index in [0.29, 0.717) is 6.04 Å². The SMILES string of the molecule is CN=C(NCC1(N2CCCC2)CCOCC1)NC1CCN(c2cccs2)CC1.I. The number of nitrogens with zero attached hydrogens (tertiary/aromatic N) is 3. The largest absolute Gasteiger partial charge is 0.381 e. The third-order valence-corrected chi connectivity index (χ3v) is 7.59. The van der Waals surface area contributed by atoms with E-state index in [2.05, 4.69) is 42.9 Å². The van der Waals surface area contributed by atoms with E-state index < -0.39 is 0 Å². The zero-order chi connectivity index (χ0) is 19.2. The lowest BCUT2D eigenvalue weighted by Gasteiger charge is -2.45. The summed E-state index contributed by atoms with van der Waals surface area (Å²) in [7, 11) is 1.89. The molecule has 0 spiro atoms. The number of rotatable bonds is 5. The summed E-state index contributed by atoms with van der Waals surface area (Å²) in [5.74, 6) is 0.958. The van der Waals surface area contributed by atoms with Gasteiger partial charge in [0.05, 0.1) is 5.00 Å². The van der Waals surface area contributed by atoms with Gasteiger partial charge in [0.1, 0.15) is 0 Å². The second-order valence-electron chi connectivity index (χ2n) is 8.31. The maximum atomic E-state index is 5.68. The summed E-state index contributed by atoms with van der Waals surface area (Å²) in [5.41, 5.74) is 0.231. The van der Waals surface area contributed by atoms with Crippen LogP contribution in [-0.2, 0) is 4.74 Å². The van der Waals surface area contributed by atoms with Crippen LogP contribution in [0.5, 0.6) is 0 Å². The molecule has 0 amide bonds. The van der Waals surface area contributed by atoms with Gasteiger partial charge in [-0.3, -0.25) is 9.89 Å². The fourth-order valence-electron chi connectivity index (χ4n) is 4.88. The summed E-state index contributed by atoms with van der Waals surface area (Å²) in [6, 6.07) is 4.87. The Bertz CT molecular complexity index is 621. The minimum Gasteiger partial charge on any atom is -0.381 e. The molecule has 6 nitrogen and oxygen atoms in total. The van der Waals surface area contributed by atoms with E-state index >= 15 is 0 Å². The van der Waals surface area contributed by atoms with Crippen molar-refractivity contribution in [3.63, 3.8) is 0 Å². The molecule has 4 rings (SSSR count). The highest BCUT2D eigenvalue weighted by Gasteiger charge is 2.39. The predicted octanol–water partition coefficient (Wildman–Crippen LogP) is 3.14. The highest BCUT2D eigenvalue weighted by Crippen LogP contribution is 2.31. The van der Waals surface area contributed by atoms with Crippen molar-refractivity contribution >= 4 is 46.3 Å². The van der Waals surface area contributed by atoms with Gasteiger partial charge in [-0.15, -0.1) is 35.3 Å². The van der Waals surface area contributed by atoms with Gasteiger partial charge in [-0.1, -0.05) is 0 Å². The molecule has 1 aromatic heterocycles. The van der Waals surface area contributed by atoms with E-state index in [1.807, 2.05) is 18.4 Å². The predicted molar refractivity (Wildman–Crippen MR) is 133 cm³/mol. The summed E-state index contributed by atoms with van der Waals surface area (Å²) >= 11 is 1.84. The van der Waals surface area contributed by atoms with E-state index in [1.54, 1.807) is 0 Å². The molecule has 29 heavy (non-hydrogen) atoms. The number of nitrogens with one attached hydrogen (secondary N) is 2. The summed E-state index contributed by atoms with van der Waals surface area (Å²) in [5, 5.41) is 10.9. The van der Waals surface area contributed by atoms with Crippen LogP contribution in [-0.4, -0.2) is 75.4 Å². The van der Waals surface area contributed by atoms with Gasteiger partial charge >= 0.3 is 0 Å². The number of hydrogen-bond acceptors (Lipinski definition) is 5.